The average molecular weight is 391 g/mol. The zero-order valence-corrected chi connectivity index (χ0v) is 16.5. The van der Waals surface area contributed by atoms with Crippen molar-refractivity contribution < 1.29 is 8.42 Å². The second-order valence-corrected chi connectivity index (χ2v) is 8.60. The number of hydrazine groups is 1. The van der Waals surface area contributed by atoms with E-state index >= 15 is 0 Å². The van der Waals surface area contributed by atoms with Crippen LogP contribution in [0.25, 0.3) is 6.08 Å². The highest BCUT2D eigenvalue weighted by Gasteiger charge is 2.33. The molecule has 0 N–H and O–H groups in total. The predicted molar refractivity (Wildman–Crippen MR) is 113 cm³/mol. The van der Waals surface area contributed by atoms with Crippen LogP contribution in [0.3, 0.4) is 0 Å². The van der Waals surface area contributed by atoms with Crippen LogP contribution >= 0.6 is 0 Å². The minimum atomic E-state index is -3.74. The second-order valence-electron chi connectivity index (χ2n) is 6.83. The van der Waals surface area contributed by atoms with Crippen molar-refractivity contribution in [1.82, 2.24) is 5.01 Å². The zero-order chi connectivity index (χ0) is 19.6. The fraction of sp³-hybridized carbons (Fsp3) is 0.130. The number of para-hydroxylation sites is 1. The van der Waals surface area contributed by atoms with E-state index in [1.807, 2.05) is 85.9 Å². The Kier molecular flexibility index (Phi) is 4.92. The summed E-state index contributed by atoms with van der Waals surface area (Å²) in [6, 6.07) is 24.5. The van der Waals surface area contributed by atoms with Crippen LogP contribution in [0.4, 0.5) is 5.69 Å². The Hall–Kier alpha value is -3.05. The van der Waals surface area contributed by atoms with Crippen molar-refractivity contribution in [1.29, 1.82) is 0 Å². The zero-order valence-electron chi connectivity index (χ0n) is 15.7. The lowest BCUT2D eigenvalue weighted by Gasteiger charge is -2.39. The average Bonchev–Trinajstić information content (AvgIpc) is 2.72. The third kappa shape index (κ3) is 3.53. The molecule has 28 heavy (non-hydrogen) atoms. The molecule has 0 fully saturated rings. The van der Waals surface area contributed by atoms with Crippen molar-refractivity contribution in [3.63, 3.8) is 0 Å². The summed E-state index contributed by atoms with van der Waals surface area (Å²) < 4.78 is 28.5. The summed E-state index contributed by atoms with van der Waals surface area (Å²) in [4.78, 5) is 0.285. The molecule has 0 spiro atoms. The lowest BCUT2D eigenvalue weighted by molar-refractivity contribution is 0.382. The van der Waals surface area contributed by atoms with E-state index < -0.39 is 10.0 Å². The van der Waals surface area contributed by atoms with Gasteiger partial charge in [0, 0.05) is 12.7 Å². The number of benzene rings is 3. The lowest BCUT2D eigenvalue weighted by Crippen LogP contribution is -2.47. The van der Waals surface area contributed by atoms with Crippen LogP contribution in [-0.4, -0.2) is 20.0 Å². The Bertz CT molecular complexity index is 1090. The van der Waals surface area contributed by atoms with E-state index in [0.717, 1.165) is 23.1 Å². The summed E-state index contributed by atoms with van der Waals surface area (Å²) in [6.45, 7) is 2.53. The molecule has 0 saturated heterocycles. The summed E-state index contributed by atoms with van der Waals surface area (Å²) >= 11 is 0. The van der Waals surface area contributed by atoms with Gasteiger partial charge in [-0.2, -0.15) is 12.8 Å². The molecule has 0 atom stereocenters. The molecule has 4 rings (SSSR count). The second kappa shape index (κ2) is 7.52. The fourth-order valence-electron chi connectivity index (χ4n) is 3.32. The third-order valence-electron chi connectivity index (χ3n) is 4.83. The largest absolute Gasteiger partial charge is 0.281 e. The summed E-state index contributed by atoms with van der Waals surface area (Å²) in [6.07, 6.45) is 4.57. The number of anilines is 1. The topological polar surface area (TPSA) is 40.6 Å². The van der Waals surface area contributed by atoms with Gasteiger partial charge in [0.05, 0.1) is 10.6 Å². The highest BCUT2D eigenvalue weighted by Crippen LogP contribution is 2.33. The summed E-state index contributed by atoms with van der Waals surface area (Å²) in [5.41, 5.74) is 3.78. The van der Waals surface area contributed by atoms with Gasteiger partial charge in [0.1, 0.15) is 0 Å². The molecule has 0 saturated carbocycles. The van der Waals surface area contributed by atoms with Crippen molar-refractivity contribution in [2.75, 3.05) is 11.0 Å². The maximum Gasteiger partial charge on any atom is 0.281 e. The first kappa shape index (κ1) is 18.3. The van der Waals surface area contributed by atoms with Gasteiger partial charge in [0.15, 0.2) is 0 Å². The first-order chi connectivity index (χ1) is 13.6. The van der Waals surface area contributed by atoms with Gasteiger partial charge in [-0.3, -0.25) is 5.01 Å². The molecule has 1 aliphatic heterocycles. The van der Waals surface area contributed by atoms with E-state index in [-0.39, 0.29) is 4.90 Å². The van der Waals surface area contributed by atoms with Crippen LogP contribution in [-0.2, 0) is 16.4 Å². The molecule has 1 aliphatic rings. The monoisotopic (exact) mass is 390 g/mol. The Morgan fingerprint density at radius 3 is 2.29 bits per heavy atom. The molecule has 0 unspecified atom stereocenters. The number of hydrogen-bond acceptors (Lipinski definition) is 3. The number of hydrogen-bond donors (Lipinski definition) is 0. The van der Waals surface area contributed by atoms with Gasteiger partial charge in [-0.1, -0.05) is 66.2 Å². The van der Waals surface area contributed by atoms with Crippen molar-refractivity contribution in [3.8, 4) is 0 Å². The molecule has 3 aromatic carbocycles. The van der Waals surface area contributed by atoms with E-state index in [4.69, 9.17) is 0 Å². The number of aryl methyl sites for hydroxylation is 1. The standard InChI is InChI=1S/C23H22N2O2S/c1-19-11-13-22(14-12-19)28(26,27)25-23-10-6-5-9-21(23)16-18-24(25)17-15-20-7-3-2-4-8-20/h2-15,17H,16,18H2,1H3. The van der Waals surface area contributed by atoms with Gasteiger partial charge in [0.2, 0.25) is 0 Å². The molecule has 0 aliphatic carbocycles. The number of nitrogens with zero attached hydrogens (tertiary/aromatic N) is 2. The van der Waals surface area contributed by atoms with Crippen LogP contribution in [0.15, 0.2) is 90.0 Å². The SMILES string of the molecule is Cc1ccc(S(=O)(=O)N2c3ccccc3CCN2C=Cc2ccccc2)cc1. The Labute approximate surface area is 166 Å². The van der Waals surface area contributed by atoms with Crippen molar-refractivity contribution in [3.05, 3.63) is 102 Å². The molecule has 3 aromatic rings. The molecule has 1 heterocycles. The number of fused-ring (bicyclic) bond motifs is 1. The fourth-order valence-corrected chi connectivity index (χ4v) is 4.85. The first-order valence-electron chi connectivity index (χ1n) is 9.25. The molecule has 4 nitrogen and oxygen atoms in total. The quantitative estimate of drug-likeness (QED) is 0.652. The minimum Gasteiger partial charge on any atom is -0.278 e. The lowest BCUT2D eigenvalue weighted by atomic mass is 10.1. The van der Waals surface area contributed by atoms with Gasteiger partial charge < -0.3 is 0 Å². The highest BCUT2D eigenvalue weighted by molar-refractivity contribution is 7.92. The molecule has 0 amide bonds. The normalized spacial score (nSPS) is 14.3. The molecule has 0 aromatic heterocycles. The maximum absolute atomic E-state index is 13.5. The third-order valence-corrected chi connectivity index (χ3v) is 6.56. The molecule has 142 valence electrons. The van der Waals surface area contributed by atoms with Crippen LogP contribution < -0.4 is 4.41 Å². The predicted octanol–water partition coefficient (Wildman–Crippen LogP) is 4.63. The Balaban J connectivity index is 1.78. The van der Waals surface area contributed by atoms with Crippen LogP contribution in [0.1, 0.15) is 16.7 Å². The first-order valence-corrected chi connectivity index (χ1v) is 10.7. The number of rotatable bonds is 4. The van der Waals surface area contributed by atoms with E-state index in [9.17, 15) is 8.42 Å². The van der Waals surface area contributed by atoms with Gasteiger partial charge in [0.25, 0.3) is 10.0 Å². The van der Waals surface area contributed by atoms with Gasteiger partial charge >= 0.3 is 0 Å². The van der Waals surface area contributed by atoms with E-state index in [1.54, 1.807) is 17.1 Å². The van der Waals surface area contributed by atoms with Crippen LogP contribution in [0, 0.1) is 6.92 Å². The molecule has 5 heteroatoms. The van der Waals surface area contributed by atoms with Gasteiger partial charge in [-0.05, 0) is 48.7 Å². The Morgan fingerprint density at radius 2 is 1.54 bits per heavy atom. The van der Waals surface area contributed by atoms with Crippen molar-refractivity contribution in [2.24, 2.45) is 0 Å². The minimum absolute atomic E-state index is 0.285. The van der Waals surface area contributed by atoms with Crippen LogP contribution in [0.5, 0.6) is 0 Å². The molecule has 0 bridgehead atoms. The van der Waals surface area contributed by atoms with Crippen LogP contribution in [0.2, 0.25) is 0 Å². The molecular formula is C23H22N2O2S. The maximum atomic E-state index is 13.5. The van der Waals surface area contributed by atoms with E-state index in [0.29, 0.717) is 12.2 Å². The summed E-state index contributed by atoms with van der Waals surface area (Å²) in [7, 11) is -3.74. The summed E-state index contributed by atoms with van der Waals surface area (Å²) in [5, 5.41) is 1.78. The number of sulfonamides is 1. The summed E-state index contributed by atoms with van der Waals surface area (Å²) in [5.74, 6) is 0. The Morgan fingerprint density at radius 1 is 0.857 bits per heavy atom. The van der Waals surface area contributed by atoms with Gasteiger partial charge in [-0.25, -0.2) is 0 Å². The highest BCUT2D eigenvalue weighted by atomic mass is 32.2. The smallest absolute Gasteiger partial charge is 0.278 e. The molecule has 0 radical (unpaired) electrons. The van der Waals surface area contributed by atoms with E-state index in [2.05, 4.69) is 0 Å². The van der Waals surface area contributed by atoms with Crippen molar-refractivity contribution >= 4 is 21.8 Å². The molecular weight excluding hydrogens is 368 g/mol. The van der Waals surface area contributed by atoms with Gasteiger partial charge in [-0.15, -0.1) is 0 Å². The van der Waals surface area contributed by atoms with E-state index in [1.165, 1.54) is 4.41 Å². The van der Waals surface area contributed by atoms with Crippen molar-refractivity contribution in [2.45, 2.75) is 18.2 Å².